The molecule has 8 heteroatoms. The summed E-state index contributed by atoms with van der Waals surface area (Å²) in [5, 5.41) is 18.7. The van der Waals surface area contributed by atoms with Gasteiger partial charge < -0.3 is 16.4 Å². The molecule has 0 saturated carbocycles. The standard InChI is InChI=1S/C10H13N5O2S/c11-10(18)14-13-7-9(15(16)17)6-12-8-4-2-1-3-5-8/h1-7,13,15-16H,(H3,11,14,18)/b9-7+,12-6?. The van der Waals surface area contributed by atoms with E-state index in [1.54, 1.807) is 12.1 Å². The number of para-hydroxylation sites is 1. The second-order valence-electron chi connectivity index (χ2n) is 3.13. The lowest BCUT2D eigenvalue weighted by Crippen LogP contribution is -3.03. The van der Waals surface area contributed by atoms with Crippen molar-refractivity contribution in [3.05, 3.63) is 47.4 Å². The van der Waals surface area contributed by atoms with E-state index in [9.17, 15) is 5.21 Å². The molecule has 7 nitrogen and oxygen atoms in total. The van der Waals surface area contributed by atoms with Gasteiger partial charge in [0.05, 0.1) is 18.1 Å². The molecule has 6 N–H and O–H groups in total. The van der Waals surface area contributed by atoms with Gasteiger partial charge in [-0.05, 0) is 24.4 Å². The number of rotatable bonds is 5. The van der Waals surface area contributed by atoms with Gasteiger partial charge in [0.15, 0.2) is 10.8 Å². The van der Waals surface area contributed by atoms with Crippen molar-refractivity contribution in [1.82, 2.24) is 10.9 Å². The van der Waals surface area contributed by atoms with Crippen LogP contribution >= 0.6 is 12.2 Å². The molecule has 0 aliphatic rings. The summed E-state index contributed by atoms with van der Waals surface area (Å²) < 4.78 is 0. The average molecular weight is 267 g/mol. The van der Waals surface area contributed by atoms with E-state index in [1.807, 2.05) is 18.2 Å². The average Bonchev–Trinajstić information content (AvgIpc) is 2.34. The highest BCUT2D eigenvalue weighted by Crippen LogP contribution is 2.08. The summed E-state index contributed by atoms with van der Waals surface area (Å²) in [5.74, 6) is 0. The molecule has 0 heterocycles. The van der Waals surface area contributed by atoms with Gasteiger partial charge in [-0.1, -0.05) is 18.2 Å². The number of hydrazine groups is 1. The van der Waals surface area contributed by atoms with Crippen LogP contribution in [-0.4, -0.2) is 16.5 Å². The Morgan fingerprint density at radius 2 is 2.11 bits per heavy atom. The number of aliphatic imine (C=N–C) groups is 1. The Morgan fingerprint density at radius 3 is 2.67 bits per heavy atom. The summed E-state index contributed by atoms with van der Waals surface area (Å²) >= 11 is 4.55. The Kier molecular flexibility index (Phi) is 5.74. The lowest BCUT2D eigenvalue weighted by atomic mass is 10.3. The van der Waals surface area contributed by atoms with E-state index in [4.69, 9.17) is 10.9 Å². The minimum Gasteiger partial charge on any atom is -0.595 e. The van der Waals surface area contributed by atoms with Crippen molar-refractivity contribution in [2.75, 3.05) is 0 Å². The number of hydrogen-bond donors (Lipinski definition) is 5. The first-order chi connectivity index (χ1) is 8.59. The molecule has 1 aromatic rings. The van der Waals surface area contributed by atoms with Crippen molar-refractivity contribution in [1.29, 1.82) is 0 Å². The first-order valence-corrected chi connectivity index (χ1v) is 5.34. The molecular weight excluding hydrogens is 254 g/mol. The molecule has 0 bridgehead atoms. The number of nitrogens with one attached hydrogen (secondary N) is 3. The molecule has 1 rings (SSSR count). The second kappa shape index (κ2) is 7.35. The summed E-state index contributed by atoms with van der Waals surface area (Å²) in [6, 6.07) is 8.99. The fourth-order valence-corrected chi connectivity index (χ4v) is 1.06. The molecular formula is C10H13N5O2S. The van der Waals surface area contributed by atoms with Gasteiger partial charge >= 0.3 is 0 Å². The number of allylic oxidation sites excluding steroid dienone is 1. The van der Waals surface area contributed by atoms with Crippen LogP contribution in [0.25, 0.3) is 0 Å². The number of quaternary nitrogens is 1. The smallest absolute Gasteiger partial charge is 0.199 e. The Morgan fingerprint density at radius 1 is 1.44 bits per heavy atom. The van der Waals surface area contributed by atoms with Crippen molar-refractivity contribution in [2.45, 2.75) is 0 Å². The Balaban J connectivity index is 2.68. The van der Waals surface area contributed by atoms with Crippen molar-refractivity contribution in [3.63, 3.8) is 0 Å². The summed E-state index contributed by atoms with van der Waals surface area (Å²) in [6.07, 6.45) is 2.43. The molecule has 0 spiro atoms. The zero-order valence-electron chi connectivity index (χ0n) is 9.33. The fraction of sp³-hybridized carbons (Fsp3) is 0. The van der Waals surface area contributed by atoms with Crippen LogP contribution in [0.1, 0.15) is 0 Å². The molecule has 0 radical (unpaired) electrons. The minimum absolute atomic E-state index is 0.0102. The maximum atomic E-state index is 10.9. The van der Waals surface area contributed by atoms with E-state index in [2.05, 4.69) is 28.1 Å². The SMILES string of the molecule is NC(=S)NN/C=C(\C=Nc1ccccc1)[NH+]([O-])O. The van der Waals surface area contributed by atoms with Crippen molar-refractivity contribution < 1.29 is 10.4 Å². The van der Waals surface area contributed by atoms with Gasteiger partial charge in [-0.2, -0.15) is 5.23 Å². The molecule has 0 saturated heterocycles. The zero-order chi connectivity index (χ0) is 13.4. The van der Waals surface area contributed by atoms with Crippen LogP contribution in [0, 0.1) is 5.21 Å². The number of nitrogens with zero attached hydrogens (tertiary/aromatic N) is 1. The van der Waals surface area contributed by atoms with Crippen LogP contribution < -0.4 is 21.8 Å². The van der Waals surface area contributed by atoms with Crippen LogP contribution in [0.5, 0.6) is 0 Å². The molecule has 96 valence electrons. The fourth-order valence-electron chi connectivity index (χ4n) is 0.997. The largest absolute Gasteiger partial charge is 0.595 e. The van der Waals surface area contributed by atoms with Gasteiger partial charge in [-0.25, -0.2) is 5.21 Å². The zero-order valence-corrected chi connectivity index (χ0v) is 10.1. The molecule has 1 aromatic carbocycles. The minimum atomic E-state index is -1.12. The third kappa shape index (κ3) is 5.37. The van der Waals surface area contributed by atoms with Crippen LogP contribution in [0.2, 0.25) is 0 Å². The number of hydrogen-bond acceptors (Lipinski definition) is 5. The van der Waals surface area contributed by atoms with Gasteiger partial charge in [0.2, 0.25) is 0 Å². The molecule has 0 fully saturated rings. The lowest BCUT2D eigenvalue weighted by Gasteiger charge is -2.12. The predicted molar refractivity (Wildman–Crippen MR) is 71.8 cm³/mol. The van der Waals surface area contributed by atoms with Gasteiger partial charge in [0, 0.05) is 0 Å². The van der Waals surface area contributed by atoms with Gasteiger partial charge in [0.25, 0.3) is 0 Å². The topological polar surface area (TPSA) is 110 Å². The van der Waals surface area contributed by atoms with Crippen LogP contribution in [0.15, 0.2) is 47.2 Å². The number of benzene rings is 1. The highest BCUT2D eigenvalue weighted by molar-refractivity contribution is 7.80. The Hall–Kier alpha value is -2.00. The summed E-state index contributed by atoms with van der Waals surface area (Å²) in [7, 11) is 0. The summed E-state index contributed by atoms with van der Waals surface area (Å²) in [6.45, 7) is 0. The van der Waals surface area contributed by atoms with Crippen LogP contribution in [0.4, 0.5) is 5.69 Å². The Labute approximate surface area is 109 Å². The number of nitrogens with two attached hydrogens (primary N) is 1. The van der Waals surface area contributed by atoms with Crippen LogP contribution in [0.3, 0.4) is 0 Å². The number of hydroxylamine groups is 2. The Bertz CT molecular complexity index is 447. The first kappa shape index (κ1) is 14.1. The predicted octanol–water partition coefficient (Wildman–Crippen LogP) is -0.660. The molecule has 1 atom stereocenters. The molecule has 0 aliphatic heterocycles. The van der Waals surface area contributed by atoms with Crippen molar-refractivity contribution >= 4 is 29.2 Å². The van der Waals surface area contributed by atoms with Gasteiger partial charge in [-0.3, -0.25) is 10.4 Å². The van der Waals surface area contributed by atoms with Crippen LogP contribution in [-0.2, 0) is 0 Å². The molecule has 0 aliphatic carbocycles. The monoisotopic (exact) mass is 267 g/mol. The van der Waals surface area contributed by atoms with Crippen molar-refractivity contribution in [2.24, 2.45) is 10.7 Å². The summed E-state index contributed by atoms with van der Waals surface area (Å²) in [4.78, 5) is 4.02. The van der Waals surface area contributed by atoms with E-state index < -0.39 is 5.23 Å². The molecule has 0 aromatic heterocycles. The quantitative estimate of drug-likeness (QED) is 0.275. The third-order valence-electron chi connectivity index (χ3n) is 1.78. The molecule has 0 amide bonds. The summed E-state index contributed by atoms with van der Waals surface area (Å²) in [5.41, 5.74) is 10.6. The van der Waals surface area contributed by atoms with E-state index in [1.165, 1.54) is 12.4 Å². The third-order valence-corrected chi connectivity index (χ3v) is 1.88. The highest BCUT2D eigenvalue weighted by Gasteiger charge is 2.00. The van der Waals surface area contributed by atoms with E-state index in [0.717, 1.165) is 0 Å². The van der Waals surface area contributed by atoms with Crippen molar-refractivity contribution in [3.8, 4) is 0 Å². The molecule has 1 unspecified atom stereocenters. The van der Waals surface area contributed by atoms with Gasteiger partial charge in [-0.15, -0.1) is 0 Å². The second-order valence-corrected chi connectivity index (χ2v) is 3.57. The number of thiocarbonyl (C=S) groups is 1. The van der Waals surface area contributed by atoms with E-state index >= 15 is 0 Å². The van der Waals surface area contributed by atoms with E-state index in [-0.39, 0.29) is 10.8 Å². The van der Waals surface area contributed by atoms with E-state index in [0.29, 0.717) is 5.69 Å². The normalized spacial score (nSPS) is 13.3. The maximum absolute atomic E-state index is 10.9. The van der Waals surface area contributed by atoms with Gasteiger partial charge in [0.1, 0.15) is 0 Å². The highest BCUT2D eigenvalue weighted by atomic mass is 32.1. The first-order valence-electron chi connectivity index (χ1n) is 4.93. The lowest BCUT2D eigenvalue weighted by molar-refractivity contribution is -1.01. The maximum Gasteiger partial charge on any atom is 0.199 e. The molecule has 18 heavy (non-hydrogen) atoms.